The number of anilines is 2. The van der Waals surface area contributed by atoms with Crippen molar-refractivity contribution in [3.63, 3.8) is 0 Å². The molecule has 0 aliphatic heterocycles. The Morgan fingerprint density at radius 1 is 0.912 bits per heavy atom. The lowest BCUT2D eigenvalue weighted by atomic mass is 10.2. The van der Waals surface area contributed by atoms with Gasteiger partial charge in [0, 0.05) is 61.3 Å². The minimum Gasteiger partial charge on any atom is -0.379 e. The minimum atomic E-state index is 0. The van der Waals surface area contributed by atoms with Gasteiger partial charge in [-0.3, -0.25) is 15.0 Å². The molecule has 0 spiro atoms. The summed E-state index contributed by atoms with van der Waals surface area (Å²) in [5.74, 6) is 1.38. The molecule has 2 aromatic carbocycles. The Labute approximate surface area is 217 Å². The first kappa shape index (κ1) is 33.4. The van der Waals surface area contributed by atoms with Crippen molar-refractivity contribution in [1.29, 1.82) is 5.41 Å². The Hall–Kier alpha value is -2.82. The van der Waals surface area contributed by atoms with Crippen molar-refractivity contribution in [2.24, 2.45) is 17.2 Å². The highest BCUT2D eigenvalue weighted by Crippen LogP contribution is 2.14. The molecule has 0 fully saturated rings. The van der Waals surface area contributed by atoms with Gasteiger partial charge in [0.05, 0.1) is 0 Å². The molecule has 2 aromatic rings. The van der Waals surface area contributed by atoms with E-state index in [1.807, 2.05) is 43.3 Å². The Morgan fingerprint density at radius 3 is 1.56 bits per heavy atom. The third kappa shape index (κ3) is 15.9. The predicted molar refractivity (Wildman–Crippen MR) is 153 cm³/mol. The van der Waals surface area contributed by atoms with Crippen LogP contribution in [0.2, 0.25) is 0 Å². The fourth-order valence-corrected chi connectivity index (χ4v) is 3.13. The number of nitrogens with one attached hydrogen (secondary N) is 1. The first-order valence-corrected chi connectivity index (χ1v) is 11.7. The number of nitrogens with two attached hydrogens (primary N) is 3. The van der Waals surface area contributed by atoms with Gasteiger partial charge in [0.1, 0.15) is 12.6 Å². The van der Waals surface area contributed by atoms with Crippen LogP contribution in [0.4, 0.5) is 11.4 Å². The molecule has 0 heterocycles. The number of hydrogen-bond donors (Lipinski definition) is 4. The second-order valence-corrected chi connectivity index (χ2v) is 8.55. The number of alkyl halides is 1. The Bertz CT molecular complexity index is 863. The van der Waals surface area contributed by atoms with E-state index >= 15 is 0 Å². The normalized spacial score (nSPS) is 9.03. The van der Waals surface area contributed by atoms with Gasteiger partial charge in [-0.1, -0.05) is 19.2 Å². The lowest BCUT2D eigenvalue weighted by molar-refractivity contribution is 0.111. The van der Waals surface area contributed by atoms with Crippen LogP contribution in [0.25, 0.3) is 0 Å². The average molecular weight is 527 g/mol. The van der Waals surface area contributed by atoms with Gasteiger partial charge in [0.15, 0.2) is 10.3 Å². The zero-order valence-corrected chi connectivity index (χ0v) is 21.1. The van der Waals surface area contributed by atoms with Crippen molar-refractivity contribution in [1.82, 2.24) is 0 Å². The number of aldehydes is 2. The third-order valence-corrected chi connectivity index (χ3v) is 4.91. The molecule has 8 nitrogen and oxygen atoms in total. The molecular formula is C23H35ClN6O2S2. The largest absolute Gasteiger partial charge is 0.379 e. The van der Waals surface area contributed by atoms with Crippen LogP contribution in [0.1, 0.15) is 28.1 Å². The van der Waals surface area contributed by atoms with Crippen LogP contribution in [0.3, 0.4) is 0 Å². The highest BCUT2D eigenvalue weighted by Gasteiger charge is 2.01. The molecule has 188 valence electrons. The highest BCUT2D eigenvalue weighted by atomic mass is 35.5. The quantitative estimate of drug-likeness (QED) is 0.127. The van der Waals surface area contributed by atoms with Crippen molar-refractivity contribution in [3.05, 3.63) is 59.7 Å². The Morgan fingerprint density at radius 2 is 1.26 bits per heavy atom. The van der Waals surface area contributed by atoms with E-state index < -0.39 is 0 Å². The van der Waals surface area contributed by atoms with E-state index in [9.17, 15) is 9.59 Å². The number of halogens is 1. The molecule has 0 atom stereocenters. The monoisotopic (exact) mass is 526 g/mol. The zero-order chi connectivity index (χ0) is 25.2. The molecular weight excluding hydrogens is 492 g/mol. The zero-order valence-electron chi connectivity index (χ0n) is 18.7. The first-order valence-electron chi connectivity index (χ1n) is 9.75. The van der Waals surface area contributed by atoms with E-state index in [2.05, 4.69) is 28.6 Å². The lowest BCUT2D eigenvalue weighted by Gasteiger charge is -2.18. The number of amidine groups is 1. The summed E-state index contributed by atoms with van der Waals surface area (Å²) in [6.45, 7) is 1.62. The van der Waals surface area contributed by atoms with Gasteiger partial charge in [-0.2, -0.15) is 0 Å². The van der Waals surface area contributed by atoms with E-state index in [1.165, 1.54) is 11.8 Å². The van der Waals surface area contributed by atoms with Crippen LogP contribution in [0.5, 0.6) is 0 Å². The minimum absolute atomic E-state index is 0. The smallest absolute Gasteiger partial charge is 0.160 e. The number of hydrogen-bond acceptors (Lipinski definition) is 7. The summed E-state index contributed by atoms with van der Waals surface area (Å²) in [4.78, 5) is 25.0. The van der Waals surface area contributed by atoms with Gasteiger partial charge in [-0.15, -0.1) is 11.6 Å². The number of rotatable bonds is 9. The summed E-state index contributed by atoms with van der Waals surface area (Å²) < 4.78 is 0. The molecule has 0 saturated heterocycles. The van der Waals surface area contributed by atoms with Crippen LogP contribution in [0.15, 0.2) is 48.5 Å². The summed E-state index contributed by atoms with van der Waals surface area (Å²) >= 11 is 11.0. The fraction of sp³-hybridized carbons (Fsp3) is 0.304. The third-order valence-electron chi connectivity index (χ3n) is 4.04. The summed E-state index contributed by atoms with van der Waals surface area (Å²) in [6.07, 6.45) is 1.67. The SMILES string of the molecule is C.CN(CCCl)c1ccc(C=O)cc1.CN(CCSC(=N)N)c1ccc(C=O)cc1.NC(N)=S. The molecule has 0 aliphatic carbocycles. The molecule has 0 amide bonds. The second-order valence-electron chi connectivity index (χ2n) is 6.57. The number of benzene rings is 2. The molecule has 0 bridgehead atoms. The van der Waals surface area contributed by atoms with Gasteiger partial charge >= 0.3 is 0 Å². The van der Waals surface area contributed by atoms with E-state index in [4.69, 9.17) is 22.7 Å². The van der Waals surface area contributed by atoms with E-state index in [-0.39, 0.29) is 17.7 Å². The lowest BCUT2D eigenvalue weighted by Crippen LogP contribution is -2.21. The summed E-state index contributed by atoms with van der Waals surface area (Å²) in [5.41, 5.74) is 18.0. The maximum atomic E-state index is 10.5. The fourth-order valence-electron chi connectivity index (χ4n) is 2.29. The first-order chi connectivity index (χ1) is 15.6. The molecule has 34 heavy (non-hydrogen) atoms. The molecule has 0 unspecified atom stereocenters. The molecule has 0 radical (unpaired) electrons. The Kier molecular flexibility index (Phi) is 19.3. The van der Waals surface area contributed by atoms with Crippen molar-refractivity contribution in [3.8, 4) is 0 Å². The maximum Gasteiger partial charge on any atom is 0.160 e. The maximum absolute atomic E-state index is 10.5. The molecule has 2 rings (SSSR count). The van der Waals surface area contributed by atoms with Crippen molar-refractivity contribution in [2.75, 3.05) is 48.6 Å². The molecule has 0 aromatic heterocycles. The van der Waals surface area contributed by atoms with Gasteiger partial charge in [0.2, 0.25) is 0 Å². The average Bonchev–Trinajstić information content (AvgIpc) is 2.79. The topological polar surface area (TPSA) is 143 Å². The number of carbonyl (C=O) groups excluding carboxylic acids is 2. The summed E-state index contributed by atoms with van der Waals surface area (Å²) in [6, 6.07) is 14.8. The second kappa shape index (κ2) is 19.6. The van der Waals surface area contributed by atoms with Crippen LogP contribution in [-0.2, 0) is 0 Å². The number of carbonyl (C=O) groups is 2. The van der Waals surface area contributed by atoms with Crippen molar-refractivity contribution >= 4 is 69.8 Å². The molecule has 7 N–H and O–H groups in total. The molecule has 11 heteroatoms. The van der Waals surface area contributed by atoms with Crippen LogP contribution < -0.4 is 27.0 Å². The van der Waals surface area contributed by atoms with Crippen LogP contribution in [0, 0.1) is 5.41 Å². The van der Waals surface area contributed by atoms with Crippen molar-refractivity contribution in [2.45, 2.75) is 7.43 Å². The van der Waals surface area contributed by atoms with E-state index in [1.54, 1.807) is 24.3 Å². The highest BCUT2D eigenvalue weighted by molar-refractivity contribution is 8.13. The molecule has 0 saturated carbocycles. The Balaban J connectivity index is 0. The van der Waals surface area contributed by atoms with Gasteiger partial charge in [-0.25, -0.2) is 0 Å². The number of nitrogens with zero attached hydrogens (tertiary/aromatic N) is 2. The van der Waals surface area contributed by atoms with E-state index in [0.29, 0.717) is 17.0 Å². The van der Waals surface area contributed by atoms with Gasteiger partial charge < -0.3 is 27.0 Å². The number of thiocarbonyl (C=S) groups is 1. The summed E-state index contributed by atoms with van der Waals surface area (Å²) in [5, 5.41) is 7.22. The molecule has 0 aliphatic rings. The van der Waals surface area contributed by atoms with Crippen LogP contribution >= 0.6 is 35.6 Å². The van der Waals surface area contributed by atoms with Crippen LogP contribution in [-0.4, -0.2) is 61.7 Å². The summed E-state index contributed by atoms with van der Waals surface area (Å²) in [7, 11) is 3.94. The number of thioether (sulfide) groups is 1. The predicted octanol–water partition coefficient (Wildman–Crippen LogP) is 3.56. The van der Waals surface area contributed by atoms with Gasteiger partial charge in [0.25, 0.3) is 0 Å². The standard InChI is InChI=1S/C11H15N3OS.C10H12ClNO.CH4N2S.CH4/c1-14(6-7-16-11(12)13)10-4-2-9(8-15)3-5-10;1-12(7-6-11)10-4-2-9(8-13)3-5-10;2-1(3)4;/h2-5,8H,6-7H2,1H3,(H3,12,13);2-5,8H,6-7H2,1H3;(H4,2,3,4);1H4. The van der Waals surface area contributed by atoms with Crippen molar-refractivity contribution < 1.29 is 9.59 Å². The van der Waals surface area contributed by atoms with Gasteiger partial charge in [-0.05, 0) is 60.7 Å². The van der Waals surface area contributed by atoms with E-state index in [0.717, 1.165) is 42.8 Å².